The molecule has 2 rings (SSSR count). The fraction of sp³-hybridized carbons (Fsp3) is 0.444. The molecule has 2 amide bonds. The molecule has 130 valence electrons. The van der Waals surface area contributed by atoms with E-state index in [0.29, 0.717) is 6.42 Å². The van der Waals surface area contributed by atoms with Gasteiger partial charge >= 0.3 is 6.09 Å². The number of benzene rings is 1. The fourth-order valence-corrected chi connectivity index (χ4v) is 3.35. The maximum Gasteiger partial charge on any atom is 0.408 e. The highest BCUT2D eigenvalue weighted by Gasteiger charge is 2.26. The van der Waals surface area contributed by atoms with Crippen LogP contribution < -0.4 is 5.32 Å². The molecule has 6 heteroatoms. The van der Waals surface area contributed by atoms with Gasteiger partial charge in [0.15, 0.2) is 0 Å². The number of nitrogens with zero attached hydrogens (tertiary/aromatic N) is 1. The molecule has 0 radical (unpaired) electrons. The first kappa shape index (κ1) is 18.3. The molecule has 0 saturated heterocycles. The van der Waals surface area contributed by atoms with Crippen molar-refractivity contribution in [3.63, 3.8) is 0 Å². The molecule has 24 heavy (non-hydrogen) atoms. The summed E-state index contributed by atoms with van der Waals surface area (Å²) in [6.45, 7) is 5.38. The summed E-state index contributed by atoms with van der Waals surface area (Å²) in [5.74, 6) is -0.156. The topological polar surface area (TPSA) is 58.6 Å². The lowest BCUT2D eigenvalue weighted by Gasteiger charge is -2.25. The van der Waals surface area contributed by atoms with E-state index in [-0.39, 0.29) is 5.91 Å². The average molecular weight is 348 g/mol. The maximum atomic E-state index is 12.5. The molecule has 0 bridgehead atoms. The Kier molecular flexibility index (Phi) is 5.49. The van der Waals surface area contributed by atoms with Crippen LogP contribution in [0.2, 0.25) is 0 Å². The van der Waals surface area contributed by atoms with Gasteiger partial charge in [-0.1, -0.05) is 18.2 Å². The van der Waals surface area contributed by atoms with Crippen LogP contribution in [0.5, 0.6) is 0 Å². The van der Waals surface area contributed by atoms with Crippen LogP contribution in [0, 0.1) is 0 Å². The minimum absolute atomic E-state index is 0.156. The third-order valence-electron chi connectivity index (χ3n) is 3.42. The van der Waals surface area contributed by atoms with E-state index < -0.39 is 17.7 Å². The SMILES string of the molecule is CN(C)C(=O)[C@@H](Cc1csc2ccccc12)NC(=O)OC(C)(C)C. The molecule has 0 aliphatic carbocycles. The van der Waals surface area contributed by atoms with Crippen molar-refractivity contribution in [3.8, 4) is 0 Å². The lowest BCUT2D eigenvalue weighted by molar-refractivity contribution is -0.130. The Morgan fingerprint density at radius 3 is 2.54 bits per heavy atom. The van der Waals surface area contributed by atoms with E-state index in [1.165, 1.54) is 9.60 Å². The minimum atomic E-state index is -0.659. The van der Waals surface area contributed by atoms with Gasteiger partial charge in [-0.15, -0.1) is 11.3 Å². The zero-order chi connectivity index (χ0) is 17.9. The lowest BCUT2D eigenvalue weighted by Crippen LogP contribution is -2.48. The quantitative estimate of drug-likeness (QED) is 0.921. The van der Waals surface area contributed by atoms with E-state index in [4.69, 9.17) is 4.74 Å². The number of nitrogens with one attached hydrogen (secondary N) is 1. The van der Waals surface area contributed by atoms with Gasteiger partial charge in [0.1, 0.15) is 11.6 Å². The summed E-state index contributed by atoms with van der Waals surface area (Å²) in [4.78, 5) is 26.0. The Morgan fingerprint density at radius 2 is 1.92 bits per heavy atom. The van der Waals surface area contributed by atoms with Gasteiger partial charge in [0.2, 0.25) is 5.91 Å². The summed E-state index contributed by atoms with van der Waals surface area (Å²) in [6, 6.07) is 7.39. The molecule has 0 fully saturated rings. The second-order valence-electron chi connectivity index (χ2n) is 6.89. The number of hydrogen-bond acceptors (Lipinski definition) is 4. The van der Waals surface area contributed by atoms with Crippen LogP contribution >= 0.6 is 11.3 Å². The number of rotatable bonds is 4. The predicted molar refractivity (Wildman–Crippen MR) is 97.4 cm³/mol. The van der Waals surface area contributed by atoms with Crippen molar-refractivity contribution >= 4 is 33.4 Å². The largest absolute Gasteiger partial charge is 0.444 e. The number of carbonyl (C=O) groups excluding carboxylic acids is 2. The average Bonchev–Trinajstić information content (AvgIpc) is 2.87. The zero-order valence-electron chi connectivity index (χ0n) is 14.8. The van der Waals surface area contributed by atoms with Crippen LogP contribution in [0.3, 0.4) is 0 Å². The van der Waals surface area contributed by atoms with Gasteiger partial charge in [-0.25, -0.2) is 4.79 Å². The predicted octanol–water partition coefficient (Wildman–Crippen LogP) is 3.43. The van der Waals surface area contributed by atoms with Gasteiger partial charge in [-0.05, 0) is 43.2 Å². The molecule has 0 unspecified atom stereocenters. The molecule has 1 aromatic heterocycles. The van der Waals surface area contributed by atoms with E-state index >= 15 is 0 Å². The Hall–Kier alpha value is -2.08. The lowest BCUT2D eigenvalue weighted by atomic mass is 10.0. The van der Waals surface area contributed by atoms with Gasteiger partial charge in [0.25, 0.3) is 0 Å². The number of alkyl carbamates (subject to hydrolysis) is 1. The molecule has 1 aromatic carbocycles. The van der Waals surface area contributed by atoms with E-state index in [1.807, 2.05) is 29.6 Å². The molecular formula is C18H24N2O3S. The Labute approximate surface area is 146 Å². The highest BCUT2D eigenvalue weighted by molar-refractivity contribution is 7.17. The summed E-state index contributed by atoms with van der Waals surface area (Å²) in [5, 5.41) is 5.86. The number of thiophene rings is 1. The number of amides is 2. The third-order valence-corrected chi connectivity index (χ3v) is 4.43. The summed E-state index contributed by atoms with van der Waals surface area (Å²) in [6.07, 6.45) is -0.150. The van der Waals surface area contributed by atoms with Gasteiger partial charge in [0, 0.05) is 25.2 Å². The van der Waals surface area contributed by atoms with Crippen LogP contribution in [0.1, 0.15) is 26.3 Å². The Bertz CT molecular complexity index is 731. The second-order valence-corrected chi connectivity index (χ2v) is 7.80. The minimum Gasteiger partial charge on any atom is -0.444 e. The van der Waals surface area contributed by atoms with Gasteiger partial charge in [-0.2, -0.15) is 0 Å². The fourth-order valence-electron chi connectivity index (χ4n) is 2.37. The highest BCUT2D eigenvalue weighted by Crippen LogP contribution is 2.26. The monoisotopic (exact) mass is 348 g/mol. The summed E-state index contributed by atoms with van der Waals surface area (Å²) < 4.78 is 6.45. The second kappa shape index (κ2) is 7.21. The number of fused-ring (bicyclic) bond motifs is 1. The molecule has 0 spiro atoms. The third kappa shape index (κ3) is 4.71. The molecule has 2 aromatic rings. The van der Waals surface area contributed by atoms with Crippen LogP contribution in [0.15, 0.2) is 29.6 Å². The molecule has 0 saturated carbocycles. The summed E-state index contributed by atoms with van der Waals surface area (Å²) in [7, 11) is 3.36. The molecule has 0 aliphatic heterocycles. The standard InChI is InChI=1S/C18H24N2O3S/c1-18(2,3)23-17(22)19-14(16(21)20(4)5)10-12-11-24-15-9-7-6-8-13(12)15/h6-9,11,14H,10H2,1-5H3,(H,19,22)/t14-/m1/s1. The smallest absolute Gasteiger partial charge is 0.408 e. The molecular weight excluding hydrogens is 324 g/mol. The number of likely N-dealkylation sites (N-methyl/N-ethyl adjacent to an activating group) is 1. The van der Waals surface area contributed by atoms with E-state index in [1.54, 1.807) is 46.2 Å². The highest BCUT2D eigenvalue weighted by atomic mass is 32.1. The molecule has 1 heterocycles. The Morgan fingerprint density at radius 1 is 1.25 bits per heavy atom. The van der Waals surface area contributed by atoms with Gasteiger partial charge in [0.05, 0.1) is 0 Å². The summed E-state index contributed by atoms with van der Waals surface area (Å²) in [5.41, 5.74) is 0.442. The van der Waals surface area contributed by atoms with E-state index in [2.05, 4.69) is 5.32 Å². The van der Waals surface area contributed by atoms with Crippen LogP contribution in [-0.2, 0) is 16.0 Å². The number of ether oxygens (including phenoxy) is 1. The first-order chi connectivity index (χ1) is 11.2. The van der Waals surface area contributed by atoms with Crippen molar-refractivity contribution < 1.29 is 14.3 Å². The first-order valence-corrected chi connectivity index (χ1v) is 8.71. The molecule has 0 aliphatic rings. The van der Waals surface area contributed by atoms with Crippen LogP contribution in [0.4, 0.5) is 4.79 Å². The Balaban J connectivity index is 2.20. The molecule has 1 atom stereocenters. The van der Waals surface area contributed by atoms with Crippen molar-refractivity contribution in [2.24, 2.45) is 0 Å². The van der Waals surface area contributed by atoms with Crippen LogP contribution in [-0.4, -0.2) is 42.6 Å². The van der Waals surface area contributed by atoms with Gasteiger partial charge in [-0.3, -0.25) is 4.79 Å². The number of hydrogen-bond donors (Lipinski definition) is 1. The van der Waals surface area contributed by atoms with Crippen molar-refractivity contribution in [1.82, 2.24) is 10.2 Å². The van der Waals surface area contributed by atoms with Crippen molar-refractivity contribution in [2.45, 2.75) is 38.8 Å². The van der Waals surface area contributed by atoms with Crippen molar-refractivity contribution in [3.05, 3.63) is 35.2 Å². The maximum absolute atomic E-state index is 12.5. The van der Waals surface area contributed by atoms with Crippen molar-refractivity contribution in [2.75, 3.05) is 14.1 Å². The van der Waals surface area contributed by atoms with E-state index in [0.717, 1.165) is 10.9 Å². The van der Waals surface area contributed by atoms with Gasteiger partial charge < -0.3 is 15.0 Å². The first-order valence-electron chi connectivity index (χ1n) is 7.83. The molecule has 5 nitrogen and oxygen atoms in total. The molecule has 1 N–H and O–H groups in total. The van der Waals surface area contributed by atoms with Crippen molar-refractivity contribution in [1.29, 1.82) is 0 Å². The van der Waals surface area contributed by atoms with Crippen LogP contribution in [0.25, 0.3) is 10.1 Å². The van der Waals surface area contributed by atoms with E-state index in [9.17, 15) is 9.59 Å². The normalized spacial score (nSPS) is 12.7. The number of carbonyl (C=O) groups is 2. The zero-order valence-corrected chi connectivity index (χ0v) is 15.6. The summed E-state index contributed by atoms with van der Waals surface area (Å²) >= 11 is 1.64.